The lowest BCUT2D eigenvalue weighted by Gasteiger charge is -2.49. The van der Waals surface area contributed by atoms with E-state index in [1.54, 1.807) is 145 Å². The molecule has 0 N–H and O–H groups in total. The summed E-state index contributed by atoms with van der Waals surface area (Å²) >= 11 is 5.76. The molecule has 0 aliphatic carbocycles. The molecule has 3 rings (SSSR count). The topological polar surface area (TPSA) is 239 Å². The maximum atomic E-state index is 14.2. The first-order valence-corrected chi connectivity index (χ1v) is 24.4. The van der Waals surface area contributed by atoms with E-state index >= 15 is 0 Å². The second kappa shape index (κ2) is 22.8. The summed E-state index contributed by atoms with van der Waals surface area (Å²) in [4.78, 5) is 101. The number of imidazole rings is 1. The lowest BCUT2D eigenvalue weighted by Crippen LogP contribution is -2.68. The van der Waals surface area contributed by atoms with Gasteiger partial charge >= 0.3 is 41.8 Å². The van der Waals surface area contributed by atoms with Crippen molar-refractivity contribution in [2.75, 3.05) is 13.2 Å². The predicted octanol–water partition coefficient (Wildman–Crippen LogP) is 6.84. The molecule has 0 spiro atoms. The predicted molar refractivity (Wildman–Crippen MR) is 261 cm³/mol. The monoisotopic (exact) mass is 1040 g/mol. The molecular formula is C51H80N2O18S. The molecule has 2 aliphatic rings. The van der Waals surface area contributed by atoms with E-state index in [0.717, 1.165) is 0 Å². The summed E-state index contributed by atoms with van der Waals surface area (Å²) < 4.78 is 70.3. The van der Waals surface area contributed by atoms with Gasteiger partial charge < -0.3 is 52.1 Å². The zero-order chi connectivity index (χ0) is 55.5. The van der Waals surface area contributed by atoms with Crippen molar-refractivity contribution in [1.29, 1.82) is 0 Å². The van der Waals surface area contributed by atoms with Gasteiger partial charge in [-0.1, -0.05) is 0 Å². The van der Waals surface area contributed by atoms with Crippen LogP contribution in [0, 0.1) is 37.9 Å². The Morgan fingerprint density at radius 1 is 0.431 bits per heavy atom. The number of aromatic nitrogens is 2. The van der Waals surface area contributed by atoms with Gasteiger partial charge in [0.1, 0.15) is 37.9 Å². The van der Waals surface area contributed by atoms with Gasteiger partial charge in [-0.3, -0.25) is 38.1 Å². The highest BCUT2D eigenvalue weighted by molar-refractivity contribution is 7.80. The van der Waals surface area contributed by atoms with Crippen molar-refractivity contribution in [2.24, 2.45) is 37.9 Å². The van der Waals surface area contributed by atoms with E-state index in [1.165, 1.54) is 23.3 Å². The lowest BCUT2D eigenvalue weighted by atomic mass is 9.92. The Kier molecular flexibility index (Phi) is 19.5. The maximum absolute atomic E-state index is 14.2. The average Bonchev–Trinajstić information content (AvgIpc) is 3.76. The summed E-state index contributed by atoms with van der Waals surface area (Å²) in [6.45, 7) is 32.2. The highest BCUT2D eigenvalue weighted by Gasteiger charge is 2.60. The van der Waals surface area contributed by atoms with Gasteiger partial charge in [0.2, 0.25) is 12.4 Å². The Morgan fingerprint density at radius 2 is 0.750 bits per heavy atom. The van der Waals surface area contributed by atoms with Gasteiger partial charge in [0, 0.05) is 12.4 Å². The molecule has 10 atom stereocenters. The largest absolute Gasteiger partial charge is 0.462 e. The number of hydrogen-bond donors (Lipinski definition) is 0. The van der Waals surface area contributed by atoms with Crippen molar-refractivity contribution >= 4 is 59.2 Å². The first kappa shape index (κ1) is 61.6. The van der Waals surface area contributed by atoms with Crippen LogP contribution >= 0.6 is 12.2 Å². The minimum absolute atomic E-state index is 0.283. The molecule has 72 heavy (non-hydrogen) atoms. The molecule has 0 bridgehead atoms. The zero-order valence-corrected chi connectivity index (χ0v) is 46.9. The van der Waals surface area contributed by atoms with E-state index in [0.29, 0.717) is 0 Å². The summed E-state index contributed by atoms with van der Waals surface area (Å²) in [5, 5.41) is -0.283. The molecule has 0 aromatic carbocycles. The first-order valence-electron chi connectivity index (χ1n) is 24.0. The summed E-state index contributed by atoms with van der Waals surface area (Å²) in [7, 11) is 0. The van der Waals surface area contributed by atoms with Crippen LogP contribution in [-0.2, 0) is 85.7 Å². The van der Waals surface area contributed by atoms with Gasteiger partial charge in [-0.25, -0.2) is 4.98 Å². The number of nitrogens with zero attached hydrogens (tertiary/aromatic N) is 2. The van der Waals surface area contributed by atoms with Gasteiger partial charge in [0.25, 0.3) is 5.17 Å². The van der Waals surface area contributed by atoms with Crippen LogP contribution in [0.25, 0.3) is 0 Å². The van der Waals surface area contributed by atoms with E-state index in [2.05, 4.69) is 4.98 Å². The quantitative estimate of drug-likeness (QED) is 0.118. The molecule has 0 amide bonds. The van der Waals surface area contributed by atoms with Crippen LogP contribution in [0.3, 0.4) is 0 Å². The number of rotatable bonds is 12. The van der Waals surface area contributed by atoms with Crippen LogP contribution in [0.1, 0.15) is 145 Å². The summed E-state index contributed by atoms with van der Waals surface area (Å²) in [5.41, 5.74) is -7.98. The van der Waals surface area contributed by atoms with Crippen molar-refractivity contribution in [1.82, 2.24) is 9.55 Å². The lowest BCUT2D eigenvalue weighted by molar-refractivity contribution is -0.358. The minimum atomic E-state index is -1.92. The fourth-order valence-corrected chi connectivity index (χ4v) is 6.21. The molecule has 0 unspecified atom stereocenters. The van der Waals surface area contributed by atoms with Crippen LogP contribution in [0.2, 0.25) is 0 Å². The second-order valence-electron chi connectivity index (χ2n) is 25.3. The van der Waals surface area contributed by atoms with Gasteiger partial charge in [0.15, 0.2) is 30.7 Å². The van der Waals surface area contributed by atoms with Crippen molar-refractivity contribution in [3.63, 3.8) is 0 Å². The number of thiocarbonyl (C=S) groups is 1. The Hall–Kier alpha value is -4.73. The smallest absolute Gasteiger partial charge is 0.313 e. The fourth-order valence-electron chi connectivity index (χ4n) is 5.99. The van der Waals surface area contributed by atoms with Crippen molar-refractivity contribution in [3.8, 4) is 0 Å². The molecule has 1 aromatic heterocycles. The number of ether oxygens (including phenoxy) is 11. The molecule has 3 heterocycles. The molecular weight excluding hydrogens is 961 g/mol. The summed E-state index contributed by atoms with van der Waals surface area (Å²) in [6, 6.07) is 0. The fraction of sp³-hybridized carbons (Fsp3) is 0.784. The third-order valence-electron chi connectivity index (χ3n) is 10.7. The molecule has 0 saturated carbocycles. The third-order valence-corrected chi connectivity index (χ3v) is 11.0. The Labute approximate surface area is 429 Å². The molecule has 408 valence electrons. The summed E-state index contributed by atoms with van der Waals surface area (Å²) in [6.07, 6.45) is -12.9. The second-order valence-corrected chi connectivity index (χ2v) is 25.7. The number of carbonyl (C=O) groups excluding carboxylic acids is 7. The Bertz CT molecular complexity index is 2110. The molecule has 20 nitrogen and oxygen atoms in total. The highest BCUT2D eigenvalue weighted by atomic mass is 32.1. The normalized spacial score (nSPS) is 25.5. The van der Waals surface area contributed by atoms with Crippen molar-refractivity contribution < 1.29 is 85.7 Å². The van der Waals surface area contributed by atoms with E-state index in [-0.39, 0.29) is 5.17 Å². The number of carbonyl (C=O) groups is 7. The average molecular weight is 1040 g/mol. The third kappa shape index (κ3) is 16.9. The van der Waals surface area contributed by atoms with E-state index in [1.807, 2.05) is 0 Å². The van der Waals surface area contributed by atoms with Crippen LogP contribution < -0.4 is 0 Å². The molecule has 1 aromatic rings. The summed E-state index contributed by atoms with van der Waals surface area (Å²) in [5.74, 6) is -5.44. The highest BCUT2D eigenvalue weighted by Crippen LogP contribution is 2.39. The van der Waals surface area contributed by atoms with Gasteiger partial charge in [-0.15, -0.1) is 0 Å². The van der Waals surface area contributed by atoms with Crippen LogP contribution in [0.4, 0.5) is 0 Å². The number of hydrogen-bond acceptors (Lipinski definition) is 20. The molecule has 2 aliphatic heterocycles. The van der Waals surface area contributed by atoms with Gasteiger partial charge in [0.05, 0.1) is 37.9 Å². The van der Waals surface area contributed by atoms with Gasteiger partial charge in [-0.05, 0) is 158 Å². The Balaban J connectivity index is 2.51. The van der Waals surface area contributed by atoms with Crippen molar-refractivity contribution in [3.05, 3.63) is 18.7 Å². The van der Waals surface area contributed by atoms with Crippen LogP contribution in [0.5, 0.6) is 0 Å². The van der Waals surface area contributed by atoms with E-state index in [9.17, 15) is 33.6 Å². The first-order chi connectivity index (χ1) is 32.4. The molecule has 0 radical (unpaired) electrons. The minimum Gasteiger partial charge on any atom is -0.462 e. The zero-order valence-electron chi connectivity index (χ0n) is 46.1. The molecule has 21 heteroatoms. The Morgan fingerprint density at radius 3 is 1.12 bits per heavy atom. The van der Waals surface area contributed by atoms with Crippen LogP contribution in [-0.4, -0.2) is 131 Å². The molecule has 2 fully saturated rings. The van der Waals surface area contributed by atoms with Crippen LogP contribution in [0.15, 0.2) is 18.7 Å². The van der Waals surface area contributed by atoms with Gasteiger partial charge in [-0.2, -0.15) is 0 Å². The molecule has 2 saturated heterocycles. The van der Waals surface area contributed by atoms with E-state index in [4.69, 9.17) is 64.3 Å². The SMILES string of the molecule is CC(C)(C)C(=O)OC[C@H]1O[C@H](O[C@H]2[C@H](OC(=S)n3ccnc3)[C@@H](OC(=O)C(C)(C)C)[C@H](OC(=O)C(C)(C)C)O[C@@H]2COC(=O)C(C)(C)C)[C@H](OC(=O)C(C)(C)C)[C@@H](OC(=O)C(C)(C)C)[C@@H]1OC(=O)C(C)(C)C. The number of esters is 7. The standard InChI is InChI=1S/C51H80N2O18S/c1-45(2,3)37(54)61-24-27-29(32(70-44(72)53-23-22-52-26-53)34(69-42(59)50(16,17)18)36(64-27)71-43(60)51(19,20)21)65-35-33(68-41(58)49(13,14)15)31(67-40(57)48(10,11)12)30(66-39(56)47(7,8)9)28(63-35)25-62-38(55)46(4,5)6/h22-23,26-36H,24-25H2,1-21H3/t27-,28-,29-,30-,31+,32+,33-,34-,35-,36+/m1/s1. The van der Waals surface area contributed by atoms with E-state index < -0.39 is 154 Å². The maximum Gasteiger partial charge on any atom is 0.313 e. The van der Waals surface area contributed by atoms with Crippen molar-refractivity contribution in [2.45, 2.75) is 207 Å².